The lowest BCUT2D eigenvalue weighted by Gasteiger charge is -2.25. The number of phenols is 2. The van der Waals surface area contributed by atoms with E-state index in [9.17, 15) is 44.4 Å². The summed E-state index contributed by atoms with van der Waals surface area (Å²) < 4.78 is 0. The van der Waals surface area contributed by atoms with Crippen molar-refractivity contribution >= 4 is 29.7 Å². The Hall–Kier alpha value is -5.43. The smallest absolute Gasteiger partial charge is 0.326 e. The number of hydrogen-bond donors (Lipinski definition) is 8. The number of carboxylic acids is 2. The zero-order valence-corrected chi connectivity index (χ0v) is 24.3. The minimum atomic E-state index is -1.45. The summed E-state index contributed by atoms with van der Waals surface area (Å²) in [7, 11) is 0. The number of phenolic OH excluding ortho intramolecular Hbond substituents is 2. The number of nitrogens with one attached hydrogen (secondary N) is 3. The van der Waals surface area contributed by atoms with Gasteiger partial charge in [0.15, 0.2) is 0 Å². The first-order chi connectivity index (χ1) is 21.4. The van der Waals surface area contributed by atoms with Crippen molar-refractivity contribution < 1.29 is 44.4 Å². The minimum Gasteiger partial charge on any atom is -0.508 e. The maximum absolute atomic E-state index is 13.5. The van der Waals surface area contributed by atoms with Crippen molar-refractivity contribution in [2.75, 3.05) is 0 Å². The van der Waals surface area contributed by atoms with Gasteiger partial charge in [-0.1, -0.05) is 54.6 Å². The summed E-state index contributed by atoms with van der Waals surface area (Å²) in [6.45, 7) is 0. The van der Waals surface area contributed by atoms with Gasteiger partial charge in [-0.15, -0.1) is 0 Å². The fourth-order valence-electron chi connectivity index (χ4n) is 4.47. The van der Waals surface area contributed by atoms with Crippen molar-refractivity contribution in [3.8, 4) is 11.5 Å². The summed E-state index contributed by atoms with van der Waals surface area (Å²) >= 11 is 0. The molecule has 3 aromatic rings. The lowest BCUT2D eigenvalue weighted by atomic mass is 10.0. The van der Waals surface area contributed by atoms with Crippen molar-refractivity contribution in [1.29, 1.82) is 0 Å². The molecule has 0 heterocycles. The van der Waals surface area contributed by atoms with Crippen LogP contribution in [0.4, 0.5) is 0 Å². The van der Waals surface area contributed by atoms with Crippen molar-refractivity contribution in [1.82, 2.24) is 16.0 Å². The SMILES string of the molecule is NC(Cc1ccc(O)cc1)C(=O)NC(Cc1ccccc1)C(=O)NC(CCC(=O)O)C(=O)NC(Cc1ccc(O)cc1)C(=O)O. The third-order valence-electron chi connectivity index (χ3n) is 6.91. The summed E-state index contributed by atoms with van der Waals surface area (Å²) in [5.41, 5.74) is 7.96. The van der Waals surface area contributed by atoms with Gasteiger partial charge in [-0.25, -0.2) is 4.79 Å². The Labute approximate surface area is 259 Å². The Balaban J connectivity index is 1.77. The van der Waals surface area contributed by atoms with E-state index in [0.29, 0.717) is 16.7 Å². The molecule has 0 aliphatic carbocycles. The second-order valence-electron chi connectivity index (χ2n) is 10.5. The van der Waals surface area contributed by atoms with Gasteiger partial charge in [0.2, 0.25) is 17.7 Å². The molecule has 13 heteroatoms. The van der Waals surface area contributed by atoms with Gasteiger partial charge in [0.1, 0.15) is 29.6 Å². The molecule has 13 nitrogen and oxygen atoms in total. The first-order valence-corrected chi connectivity index (χ1v) is 14.1. The van der Waals surface area contributed by atoms with Gasteiger partial charge in [0, 0.05) is 19.3 Å². The maximum atomic E-state index is 13.5. The summed E-state index contributed by atoms with van der Waals surface area (Å²) in [4.78, 5) is 63.1. The Morgan fingerprint density at radius 3 is 1.56 bits per heavy atom. The summed E-state index contributed by atoms with van der Waals surface area (Å²) in [5.74, 6) is -4.97. The molecule has 0 radical (unpaired) electrons. The zero-order chi connectivity index (χ0) is 32.9. The molecule has 4 atom stereocenters. The van der Waals surface area contributed by atoms with Gasteiger partial charge in [0.25, 0.3) is 0 Å². The molecule has 4 unspecified atom stereocenters. The Morgan fingerprint density at radius 1 is 0.578 bits per heavy atom. The molecular weight excluding hydrogens is 584 g/mol. The molecule has 0 spiro atoms. The van der Waals surface area contributed by atoms with E-state index in [-0.39, 0.29) is 37.2 Å². The predicted octanol–water partition coefficient (Wildman–Crippen LogP) is 0.857. The molecule has 0 aliphatic rings. The monoisotopic (exact) mass is 620 g/mol. The number of carboxylic acid groups (broad SMARTS) is 2. The molecule has 0 saturated heterocycles. The molecule has 0 fully saturated rings. The van der Waals surface area contributed by atoms with E-state index in [2.05, 4.69) is 16.0 Å². The molecule has 3 amide bonds. The van der Waals surface area contributed by atoms with Crippen molar-refractivity contribution in [3.05, 3.63) is 95.6 Å². The maximum Gasteiger partial charge on any atom is 0.326 e. The molecule has 3 aromatic carbocycles. The molecule has 0 saturated carbocycles. The van der Waals surface area contributed by atoms with Crippen LogP contribution in [-0.4, -0.2) is 74.3 Å². The number of rotatable bonds is 16. The average Bonchev–Trinajstić information content (AvgIpc) is 3.00. The normalized spacial score (nSPS) is 13.4. The predicted molar refractivity (Wildman–Crippen MR) is 162 cm³/mol. The topological polar surface area (TPSA) is 228 Å². The molecular formula is C32H36N4O9. The number of aromatic hydroxyl groups is 2. The number of carbonyl (C=O) groups excluding carboxylic acids is 3. The Morgan fingerprint density at radius 2 is 1.02 bits per heavy atom. The van der Waals surface area contributed by atoms with Crippen LogP contribution in [0, 0.1) is 0 Å². The number of benzene rings is 3. The van der Waals surface area contributed by atoms with Crippen LogP contribution < -0.4 is 21.7 Å². The average molecular weight is 621 g/mol. The van der Waals surface area contributed by atoms with Crippen LogP contribution in [0.1, 0.15) is 29.5 Å². The van der Waals surface area contributed by atoms with E-state index in [1.807, 2.05) is 0 Å². The van der Waals surface area contributed by atoms with Crippen LogP contribution in [0.2, 0.25) is 0 Å². The van der Waals surface area contributed by atoms with Gasteiger partial charge in [-0.2, -0.15) is 0 Å². The largest absolute Gasteiger partial charge is 0.508 e. The molecule has 238 valence electrons. The van der Waals surface area contributed by atoms with E-state index in [0.717, 1.165) is 0 Å². The second kappa shape index (κ2) is 16.4. The summed E-state index contributed by atoms with van der Waals surface area (Å²) in [6, 6.07) is 15.4. The van der Waals surface area contributed by atoms with Gasteiger partial charge in [-0.05, 0) is 53.8 Å². The summed E-state index contributed by atoms with van der Waals surface area (Å²) in [6.07, 6.45) is -0.901. The number of amides is 3. The highest BCUT2D eigenvalue weighted by atomic mass is 16.4. The van der Waals surface area contributed by atoms with Gasteiger partial charge < -0.3 is 42.1 Å². The van der Waals surface area contributed by atoms with Gasteiger partial charge >= 0.3 is 11.9 Å². The standard InChI is InChI=1S/C32H36N4O9/c33-24(16-20-6-10-22(37)11-7-20)29(41)35-26(17-19-4-2-1-3-5-19)31(43)34-25(14-15-28(39)40)30(42)36-27(32(44)45)18-21-8-12-23(38)13-9-21/h1-13,24-27,37-38H,14-18,33H2,(H,34,43)(H,35,41)(H,36,42)(H,39,40)(H,44,45). The van der Waals surface area contributed by atoms with Crippen LogP contribution in [0.25, 0.3) is 0 Å². The second-order valence-corrected chi connectivity index (χ2v) is 10.5. The number of hydrogen-bond acceptors (Lipinski definition) is 8. The van der Waals surface area contributed by atoms with Crippen LogP contribution >= 0.6 is 0 Å². The number of carbonyl (C=O) groups is 5. The quantitative estimate of drug-likeness (QED) is 0.113. The van der Waals surface area contributed by atoms with E-state index in [1.165, 1.54) is 36.4 Å². The van der Waals surface area contributed by atoms with Crippen LogP contribution in [0.15, 0.2) is 78.9 Å². The van der Waals surface area contributed by atoms with Crippen LogP contribution in [0.5, 0.6) is 11.5 Å². The minimum absolute atomic E-state index is 0.0101. The Kier molecular flexibility index (Phi) is 12.4. The third kappa shape index (κ3) is 11.3. The van der Waals surface area contributed by atoms with Crippen LogP contribution in [0.3, 0.4) is 0 Å². The fraction of sp³-hybridized carbons (Fsp3) is 0.281. The first kappa shape index (κ1) is 34.1. The van der Waals surface area contributed by atoms with Crippen LogP contribution in [-0.2, 0) is 43.2 Å². The molecule has 45 heavy (non-hydrogen) atoms. The van der Waals surface area contributed by atoms with Gasteiger partial charge in [-0.3, -0.25) is 19.2 Å². The number of nitrogens with two attached hydrogens (primary N) is 1. The molecule has 0 aliphatic heterocycles. The molecule has 3 rings (SSSR count). The molecule has 9 N–H and O–H groups in total. The lowest BCUT2D eigenvalue weighted by Crippen LogP contribution is -2.58. The van der Waals surface area contributed by atoms with E-state index < -0.39 is 60.2 Å². The zero-order valence-electron chi connectivity index (χ0n) is 24.3. The number of aliphatic carboxylic acids is 2. The highest BCUT2D eigenvalue weighted by Crippen LogP contribution is 2.13. The third-order valence-corrected chi connectivity index (χ3v) is 6.91. The van der Waals surface area contributed by atoms with E-state index in [1.54, 1.807) is 42.5 Å². The van der Waals surface area contributed by atoms with Crippen molar-refractivity contribution in [3.63, 3.8) is 0 Å². The summed E-state index contributed by atoms with van der Waals surface area (Å²) in [5, 5.41) is 45.4. The highest BCUT2D eigenvalue weighted by Gasteiger charge is 2.31. The molecule has 0 aromatic heterocycles. The van der Waals surface area contributed by atoms with E-state index >= 15 is 0 Å². The molecule has 0 bridgehead atoms. The van der Waals surface area contributed by atoms with Gasteiger partial charge in [0.05, 0.1) is 6.04 Å². The first-order valence-electron chi connectivity index (χ1n) is 14.1. The van der Waals surface area contributed by atoms with Crippen molar-refractivity contribution in [2.45, 2.75) is 56.3 Å². The van der Waals surface area contributed by atoms with Crippen molar-refractivity contribution in [2.24, 2.45) is 5.73 Å². The fourth-order valence-corrected chi connectivity index (χ4v) is 4.47. The highest BCUT2D eigenvalue weighted by molar-refractivity contribution is 5.94. The van der Waals surface area contributed by atoms with E-state index in [4.69, 9.17) is 5.73 Å². The Bertz CT molecular complexity index is 1460. The lowest BCUT2D eigenvalue weighted by molar-refractivity contribution is -0.143.